The maximum Gasteiger partial charge on any atom is 0.288 e. The van der Waals surface area contributed by atoms with Crippen molar-refractivity contribution in [2.75, 3.05) is 0 Å². The van der Waals surface area contributed by atoms with Crippen molar-refractivity contribution < 1.29 is 9.66 Å². The molecule has 0 atom stereocenters. The molecular formula is C13H13ClN2O3S. The Morgan fingerprint density at radius 3 is 2.95 bits per heavy atom. The molecule has 0 saturated heterocycles. The predicted octanol–water partition coefficient (Wildman–Crippen LogP) is 4.24. The van der Waals surface area contributed by atoms with E-state index >= 15 is 0 Å². The van der Waals surface area contributed by atoms with Gasteiger partial charge in [0, 0.05) is 17.5 Å². The molecule has 0 N–H and O–H groups in total. The van der Waals surface area contributed by atoms with Crippen molar-refractivity contribution in [2.45, 2.75) is 26.4 Å². The number of benzene rings is 1. The summed E-state index contributed by atoms with van der Waals surface area (Å²) in [5, 5.41) is 13.8. The number of nitrogens with zero attached hydrogens (tertiary/aromatic N) is 2. The van der Waals surface area contributed by atoms with Gasteiger partial charge in [-0.05, 0) is 18.9 Å². The van der Waals surface area contributed by atoms with Crippen molar-refractivity contribution in [1.82, 2.24) is 4.98 Å². The molecular weight excluding hydrogens is 300 g/mol. The van der Waals surface area contributed by atoms with Crippen LogP contribution in [0.15, 0.2) is 23.6 Å². The largest absolute Gasteiger partial charge is 0.487 e. The summed E-state index contributed by atoms with van der Waals surface area (Å²) in [7, 11) is 0. The van der Waals surface area contributed by atoms with Crippen LogP contribution in [0, 0.1) is 10.1 Å². The van der Waals surface area contributed by atoms with Gasteiger partial charge in [-0.2, -0.15) is 0 Å². The standard InChI is InChI=1S/C13H13ClN2O3S/c1-2-3-13-15-9(8-20-13)7-19-10-4-5-12(16(17)18)11(14)6-10/h4-6,8H,2-3,7H2,1H3. The van der Waals surface area contributed by atoms with Gasteiger partial charge >= 0.3 is 0 Å². The van der Waals surface area contributed by atoms with Crippen LogP contribution in [0.2, 0.25) is 5.02 Å². The van der Waals surface area contributed by atoms with Crippen LogP contribution in [0.3, 0.4) is 0 Å². The second kappa shape index (κ2) is 6.67. The number of halogens is 1. The van der Waals surface area contributed by atoms with Gasteiger partial charge in [-0.25, -0.2) is 4.98 Å². The molecule has 0 amide bonds. The second-order valence-electron chi connectivity index (χ2n) is 4.14. The summed E-state index contributed by atoms with van der Waals surface area (Å²) in [5.74, 6) is 0.491. The van der Waals surface area contributed by atoms with Crippen molar-refractivity contribution in [3.05, 3.63) is 49.4 Å². The fraction of sp³-hybridized carbons (Fsp3) is 0.308. The number of aromatic nitrogens is 1. The molecule has 20 heavy (non-hydrogen) atoms. The molecule has 0 aliphatic carbocycles. The summed E-state index contributed by atoms with van der Waals surface area (Å²) in [6.07, 6.45) is 2.03. The Morgan fingerprint density at radius 2 is 2.30 bits per heavy atom. The number of aryl methyl sites for hydroxylation is 1. The first kappa shape index (κ1) is 14.7. The van der Waals surface area contributed by atoms with Gasteiger partial charge in [0.15, 0.2) is 0 Å². The number of hydrogen-bond acceptors (Lipinski definition) is 5. The monoisotopic (exact) mass is 312 g/mol. The van der Waals surface area contributed by atoms with Crippen LogP contribution < -0.4 is 4.74 Å². The molecule has 0 unspecified atom stereocenters. The lowest BCUT2D eigenvalue weighted by molar-refractivity contribution is -0.384. The topological polar surface area (TPSA) is 65.3 Å². The normalized spacial score (nSPS) is 10.5. The van der Waals surface area contributed by atoms with Gasteiger partial charge in [0.1, 0.15) is 17.4 Å². The quantitative estimate of drug-likeness (QED) is 0.591. The van der Waals surface area contributed by atoms with Gasteiger partial charge in [-0.3, -0.25) is 10.1 Å². The SMILES string of the molecule is CCCc1nc(COc2ccc([N+](=O)[O-])c(Cl)c2)cs1. The van der Waals surface area contributed by atoms with E-state index in [-0.39, 0.29) is 10.7 Å². The number of nitro benzene ring substituents is 1. The third-order valence-electron chi connectivity index (χ3n) is 2.57. The van der Waals surface area contributed by atoms with E-state index in [9.17, 15) is 10.1 Å². The molecule has 0 saturated carbocycles. The van der Waals surface area contributed by atoms with E-state index in [4.69, 9.17) is 16.3 Å². The van der Waals surface area contributed by atoms with Gasteiger partial charge in [0.2, 0.25) is 0 Å². The van der Waals surface area contributed by atoms with Gasteiger partial charge in [0.05, 0.1) is 15.6 Å². The summed E-state index contributed by atoms with van der Waals surface area (Å²) in [6, 6.07) is 4.31. The van der Waals surface area contributed by atoms with Crippen LogP contribution in [0.1, 0.15) is 24.0 Å². The molecule has 0 fully saturated rings. The van der Waals surface area contributed by atoms with Crippen LogP contribution in [0.4, 0.5) is 5.69 Å². The predicted molar refractivity (Wildman–Crippen MR) is 78.5 cm³/mol. The third-order valence-corrected chi connectivity index (χ3v) is 3.83. The minimum atomic E-state index is -0.524. The minimum Gasteiger partial charge on any atom is -0.487 e. The van der Waals surface area contributed by atoms with E-state index in [0.29, 0.717) is 12.4 Å². The zero-order valence-corrected chi connectivity index (χ0v) is 12.4. The molecule has 5 nitrogen and oxygen atoms in total. The molecule has 0 radical (unpaired) electrons. The maximum atomic E-state index is 10.6. The van der Waals surface area contributed by atoms with E-state index in [2.05, 4.69) is 11.9 Å². The van der Waals surface area contributed by atoms with Crippen molar-refractivity contribution in [3.8, 4) is 5.75 Å². The molecule has 7 heteroatoms. The summed E-state index contributed by atoms with van der Waals surface area (Å²) in [6.45, 7) is 2.44. The Bertz CT molecular complexity index is 615. The molecule has 1 heterocycles. The summed E-state index contributed by atoms with van der Waals surface area (Å²) in [5.41, 5.74) is 0.728. The summed E-state index contributed by atoms with van der Waals surface area (Å²) < 4.78 is 5.54. The molecule has 0 bridgehead atoms. The van der Waals surface area contributed by atoms with Crippen molar-refractivity contribution in [2.24, 2.45) is 0 Å². The van der Waals surface area contributed by atoms with Crippen molar-refractivity contribution in [3.63, 3.8) is 0 Å². The fourth-order valence-corrected chi connectivity index (χ4v) is 2.75. The lowest BCUT2D eigenvalue weighted by atomic mass is 10.3. The van der Waals surface area contributed by atoms with Crippen LogP contribution in [0.25, 0.3) is 0 Å². The maximum absolute atomic E-state index is 10.6. The molecule has 0 aliphatic rings. The van der Waals surface area contributed by atoms with Crippen molar-refractivity contribution >= 4 is 28.6 Å². The van der Waals surface area contributed by atoms with E-state index < -0.39 is 4.92 Å². The highest BCUT2D eigenvalue weighted by Gasteiger charge is 2.12. The Balaban J connectivity index is 1.99. The number of nitro groups is 1. The first-order valence-electron chi connectivity index (χ1n) is 6.10. The summed E-state index contributed by atoms with van der Waals surface area (Å²) in [4.78, 5) is 14.6. The smallest absolute Gasteiger partial charge is 0.288 e. The van der Waals surface area contributed by atoms with Gasteiger partial charge in [-0.1, -0.05) is 18.5 Å². The zero-order valence-electron chi connectivity index (χ0n) is 10.8. The Labute approximate surface area is 125 Å². The van der Waals surface area contributed by atoms with E-state index in [0.717, 1.165) is 23.5 Å². The average Bonchev–Trinajstić information content (AvgIpc) is 2.84. The van der Waals surface area contributed by atoms with Crippen LogP contribution in [0.5, 0.6) is 5.75 Å². The van der Waals surface area contributed by atoms with Gasteiger partial charge in [-0.15, -0.1) is 11.3 Å². The third kappa shape index (κ3) is 3.68. The molecule has 106 valence electrons. The zero-order chi connectivity index (χ0) is 14.5. The number of hydrogen-bond donors (Lipinski definition) is 0. The van der Waals surface area contributed by atoms with Gasteiger partial charge in [0.25, 0.3) is 5.69 Å². The highest BCUT2D eigenvalue weighted by Crippen LogP contribution is 2.28. The molecule has 0 spiro atoms. The minimum absolute atomic E-state index is 0.0671. The van der Waals surface area contributed by atoms with Crippen LogP contribution in [-0.4, -0.2) is 9.91 Å². The lowest BCUT2D eigenvalue weighted by Gasteiger charge is -2.04. The average molecular weight is 313 g/mol. The first-order valence-corrected chi connectivity index (χ1v) is 7.36. The molecule has 2 aromatic rings. The van der Waals surface area contributed by atoms with Crippen molar-refractivity contribution in [1.29, 1.82) is 0 Å². The fourth-order valence-electron chi connectivity index (χ4n) is 1.63. The van der Waals surface area contributed by atoms with E-state index in [1.54, 1.807) is 11.3 Å². The number of thiazole rings is 1. The Hall–Kier alpha value is -1.66. The highest BCUT2D eigenvalue weighted by atomic mass is 35.5. The molecule has 1 aromatic carbocycles. The lowest BCUT2D eigenvalue weighted by Crippen LogP contribution is -1.97. The van der Waals surface area contributed by atoms with E-state index in [1.807, 2.05) is 5.38 Å². The van der Waals surface area contributed by atoms with Crippen LogP contribution >= 0.6 is 22.9 Å². The first-order chi connectivity index (χ1) is 9.60. The number of ether oxygens (including phenoxy) is 1. The van der Waals surface area contributed by atoms with Gasteiger partial charge < -0.3 is 4.74 Å². The molecule has 0 aliphatic heterocycles. The Kier molecular flexibility index (Phi) is 4.92. The highest BCUT2D eigenvalue weighted by molar-refractivity contribution is 7.09. The molecule has 1 aromatic heterocycles. The summed E-state index contributed by atoms with van der Waals surface area (Å²) >= 11 is 7.43. The molecule has 2 rings (SSSR count). The van der Waals surface area contributed by atoms with Crippen LogP contribution in [-0.2, 0) is 13.0 Å². The second-order valence-corrected chi connectivity index (χ2v) is 5.49. The van der Waals surface area contributed by atoms with E-state index in [1.165, 1.54) is 18.2 Å². The number of rotatable bonds is 6. The Morgan fingerprint density at radius 1 is 1.50 bits per heavy atom.